The van der Waals surface area contributed by atoms with E-state index in [-0.39, 0.29) is 5.54 Å². The molecule has 0 spiro atoms. The summed E-state index contributed by atoms with van der Waals surface area (Å²) in [5, 5.41) is 8.03. The van der Waals surface area contributed by atoms with E-state index in [1.807, 2.05) is 11.7 Å². The largest absolute Gasteiger partial charge is 0.368 e. The number of rotatable bonds is 3. The molecule has 0 radical (unpaired) electrons. The molecular weight excluding hydrogens is 224 g/mol. The number of nitrogens with zero attached hydrogens (tertiary/aromatic N) is 3. The van der Waals surface area contributed by atoms with Crippen molar-refractivity contribution in [2.45, 2.75) is 39.7 Å². The molecule has 1 unspecified atom stereocenters. The van der Waals surface area contributed by atoms with Gasteiger partial charge in [0.1, 0.15) is 0 Å². The van der Waals surface area contributed by atoms with Crippen LogP contribution in [0.15, 0.2) is 6.20 Å². The summed E-state index contributed by atoms with van der Waals surface area (Å²) in [6.45, 7) is 12.2. The SMILES string of the molecule is Cc1nn(C)cc1N1CCC(CNC(C)(C)C)C1. The van der Waals surface area contributed by atoms with E-state index < -0.39 is 0 Å². The van der Waals surface area contributed by atoms with Gasteiger partial charge in [0.2, 0.25) is 0 Å². The van der Waals surface area contributed by atoms with Crippen LogP contribution in [0.2, 0.25) is 0 Å². The average Bonchev–Trinajstić information content (AvgIpc) is 2.81. The van der Waals surface area contributed by atoms with Crippen LogP contribution >= 0.6 is 0 Å². The predicted octanol–water partition coefficient (Wildman–Crippen LogP) is 1.94. The minimum atomic E-state index is 0.220. The van der Waals surface area contributed by atoms with Gasteiger partial charge in [-0.25, -0.2) is 0 Å². The summed E-state index contributed by atoms with van der Waals surface area (Å²) >= 11 is 0. The van der Waals surface area contributed by atoms with Gasteiger partial charge in [-0.2, -0.15) is 5.10 Å². The molecule has 1 saturated heterocycles. The Morgan fingerprint density at radius 2 is 2.17 bits per heavy atom. The van der Waals surface area contributed by atoms with Crippen LogP contribution in [-0.2, 0) is 7.05 Å². The molecule has 2 heterocycles. The maximum Gasteiger partial charge on any atom is 0.0827 e. The summed E-state index contributed by atoms with van der Waals surface area (Å²) < 4.78 is 1.91. The summed E-state index contributed by atoms with van der Waals surface area (Å²) in [5.74, 6) is 0.754. The quantitative estimate of drug-likeness (QED) is 0.890. The van der Waals surface area contributed by atoms with E-state index in [0.29, 0.717) is 0 Å². The number of aryl methyl sites for hydroxylation is 2. The second-order valence-corrected chi connectivity index (χ2v) is 6.51. The fourth-order valence-corrected chi connectivity index (χ4v) is 2.57. The van der Waals surface area contributed by atoms with Crippen molar-refractivity contribution < 1.29 is 0 Å². The maximum absolute atomic E-state index is 4.43. The van der Waals surface area contributed by atoms with Crippen LogP contribution in [-0.4, -0.2) is 35.0 Å². The van der Waals surface area contributed by atoms with Gasteiger partial charge >= 0.3 is 0 Å². The molecule has 2 rings (SSSR count). The molecule has 1 atom stereocenters. The first-order valence-corrected chi connectivity index (χ1v) is 6.85. The fourth-order valence-electron chi connectivity index (χ4n) is 2.57. The van der Waals surface area contributed by atoms with E-state index in [1.54, 1.807) is 0 Å². The minimum absolute atomic E-state index is 0.220. The van der Waals surface area contributed by atoms with Crippen LogP contribution in [0.5, 0.6) is 0 Å². The highest BCUT2D eigenvalue weighted by Gasteiger charge is 2.25. The molecule has 1 aliphatic heterocycles. The molecule has 0 amide bonds. The number of hydrogen-bond acceptors (Lipinski definition) is 3. The average molecular weight is 250 g/mol. The lowest BCUT2D eigenvalue weighted by Crippen LogP contribution is -2.39. The Labute approximate surface area is 110 Å². The van der Waals surface area contributed by atoms with E-state index in [9.17, 15) is 0 Å². The lowest BCUT2D eigenvalue weighted by atomic mass is 10.1. The molecule has 4 nitrogen and oxygen atoms in total. The normalized spacial score (nSPS) is 20.7. The van der Waals surface area contributed by atoms with E-state index in [4.69, 9.17) is 0 Å². The third-order valence-electron chi connectivity index (χ3n) is 3.54. The molecule has 4 heteroatoms. The highest BCUT2D eigenvalue weighted by Crippen LogP contribution is 2.25. The van der Waals surface area contributed by atoms with Crippen LogP contribution in [0.4, 0.5) is 5.69 Å². The lowest BCUT2D eigenvalue weighted by molar-refractivity contribution is 0.383. The Bertz CT molecular complexity index is 402. The Kier molecular flexibility index (Phi) is 3.66. The molecule has 1 aromatic rings. The van der Waals surface area contributed by atoms with Gasteiger partial charge in [-0.1, -0.05) is 0 Å². The predicted molar refractivity (Wildman–Crippen MR) is 76.0 cm³/mol. The highest BCUT2D eigenvalue weighted by atomic mass is 15.3. The van der Waals surface area contributed by atoms with E-state index in [1.165, 1.54) is 12.1 Å². The maximum atomic E-state index is 4.43. The van der Waals surface area contributed by atoms with Crippen molar-refractivity contribution >= 4 is 5.69 Å². The van der Waals surface area contributed by atoms with Gasteiger partial charge in [-0.3, -0.25) is 4.68 Å². The Morgan fingerprint density at radius 1 is 1.44 bits per heavy atom. The first-order valence-electron chi connectivity index (χ1n) is 6.85. The van der Waals surface area contributed by atoms with Crippen molar-refractivity contribution in [3.63, 3.8) is 0 Å². The van der Waals surface area contributed by atoms with Crippen molar-refractivity contribution in [3.05, 3.63) is 11.9 Å². The van der Waals surface area contributed by atoms with Gasteiger partial charge < -0.3 is 10.2 Å². The van der Waals surface area contributed by atoms with Gasteiger partial charge in [0, 0.05) is 38.4 Å². The van der Waals surface area contributed by atoms with Crippen molar-refractivity contribution in [3.8, 4) is 0 Å². The zero-order valence-electron chi connectivity index (χ0n) is 12.3. The fraction of sp³-hybridized carbons (Fsp3) is 0.786. The van der Waals surface area contributed by atoms with Crippen LogP contribution in [0, 0.1) is 12.8 Å². The molecule has 0 bridgehead atoms. The summed E-state index contributed by atoms with van der Waals surface area (Å²) in [6.07, 6.45) is 3.41. The van der Waals surface area contributed by atoms with E-state index in [0.717, 1.165) is 31.2 Å². The molecule has 1 fully saturated rings. The number of aromatic nitrogens is 2. The van der Waals surface area contributed by atoms with Crippen molar-refractivity contribution in [1.82, 2.24) is 15.1 Å². The van der Waals surface area contributed by atoms with E-state index >= 15 is 0 Å². The van der Waals surface area contributed by atoms with Crippen LogP contribution in [0.1, 0.15) is 32.9 Å². The van der Waals surface area contributed by atoms with E-state index in [2.05, 4.69) is 49.2 Å². The van der Waals surface area contributed by atoms with Crippen LogP contribution in [0.25, 0.3) is 0 Å². The van der Waals surface area contributed by atoms with Crippen LogP contribution < -0.4 is 10.2 Å². The molecule has 0 saturated carbocycles. The molecule has 0 aliphatic carbocycles. The molecule has 18 heavy (non-hydrogen) atoms. The molecule has 1 aliphatic rings. The first kappa shape index (κ1) is 13.4. The number of nitrogens with one attached hydrogen (secondary N) is 1. The Balaban J connectivity index is 1.90. The van der Waals surface area contributed by atoms with Gasteiger partial charge in [0.05, 0.1) is 11.4 Å². The highest BCUT2D eigenvalue weighted by molar-refractivity contribution is 5.49. The smallest absolute Gasteiger partial charge is 0.0827 e. The third kappa shape index (κ3) is 3.25. The summed E-state index contributed by atoms with van der Waals surface area (Å²) in [6, 6.07) is 0. The second kappa shape index (κ2) is 4.92. The monoisotopic (exact) mass is 250 g/mol. The van der Waals surface area contributed by atoms with Crippen molar-refractivity contribution in [2.24, 2.45) is 13.0 Å². The summed E-state index contributed by atoms with van der Waals surface area (Å²) in [5.41, 5.74) is 2.66. The molecular formula is C14H26N4. The van der Waals surface area contributed by atoms with Gasteiger partial charge in [-0.05, 0) is 40.0 Å². The number of hydrogen-bond donors (Lipinski definition) is 1. The second-order valence-electron chi connectivity index (χ2n) is 6.51. The third-order valence-corrected chi connectivity index (χ3v) is 3.54. The molecule has 1 aromatic heterocycles. The van der Waals surface area contributed by atoms with Gasteiger partial charge in [0.15, 0.2) is 0 Å². The number of anilines is 1. The summed E-state index contributed by atoms with van der Waals surface area (Å²) in [4.78, 5) is 2.47. The van der Waals surface area contributed by atoms with Gasteiger partial charge in [-0.15, -0.1) is 0 Å². The zero-order valence-corrected chi connectivity index (χ0v) is 12.3. The Morgan fingerprint density at radius 3 is 2.72 bits per heavy atom. The van der Waals surface area contributed by atoms with Gasteiger partial charge in [0.25, 0.3) is 0 Å². The van der Waals surface area contributed by atoms with Crippen molar-refractivity contribution in [1.29, 1.82) is 0 Å². The first-order chi connectivity index (χ1) is 8.35. The van der Waals surface area contributed by atoms with Crippen LogP contribution in [0.3, 0.4) is 0 Å². The topological polar surface area (TPSA) is 33.1 Å². The molecule has 1 N–H and O–H groups in total. The van der Waals surface area contributed by atoms with Crippen molar-refractivity contribution in [2.75, 3.05) is 24.5 Å². The zero-order chi connectivity index (χ0) is 13.3. The lowest BCUT2D eigenvalue weighted by Gasteiger charge is -2.23. The molecule has 0 aromatic carbocycles. The summed E-state index contributed by atoms with van der Waals surface area (Å²) in [7, 11) is 1.99. The Hall–Kier alpha value is -1.03. The molecule has 102 valence electrons. The standard InChI is InChI=1S/C14H26N4/c1-11-13(10-17(5)16-11)18-7-6-12(9-18)8-15-14(2,3)4/h10,12,15H,6-9H2,1-5H3. The minimum Gasteiger partial charge on any atom is -0.368 e.